The average molecular weight is 394 g/mol. The van der Waals surface area contributed by atoms with Gasteiger partial charge in [0.25, 0.3) is 0 Å². The molecule has 3 heterocycles. The lowest BCUT2D eigenvalue weighted by Gasteiger charge is -2.29. The molecule has 2 aromatic heterocycles. The first-order valence-electron chi connectivity index (χ1n) is 8.36. The zero-order chi connectivity index (χ0) is 17.4. The number of aromatic nitrogens is 2. The van der Waals surface area contributed by atoms with Gasteiger partial charge in [-0.25, -0.2) is 8.42 Å². The van der Waals surface area contributed by atoms with Crippen LogP contribution in [-0.2, 0) is 10.0 Å². The Morgan fingerprint density at radius 3 is 2.84 bits per heavy atom. The molecule has 0 amide bonds. The first-order valence-corrected chi connectivity index (χ1v) is 11.4. The van der Waals surface area contributed by atoms with Crippen molar-refractivity contribution in [1.29, 1.82) is 0 Å². The second-order valence-electron chi connectivity index (χ2n) is 6.34. The van der Waals surface area contributed by atoms with Crippen molar-refractivity contribution in [1.82, 2.24) is 13.1 Å². The summed E-state index contributed by atoms with van der Waals surface area (Å²) in [5, 5.41) is 2.05. The monoisotopic (exact) mass is 393 g/mol. The largest absolute Gasteiger partial charge is 0.245 e. The fourth-order valence-electron chi connectivity index (χ4n) is 3.47. The van der Waals surface area contributed by atoms with Gasteiger partial charge in [-0.1, -0.05) is 18.9 Å². The van der Waals surface area contributed by atoms with E-state index in [1.165, 1.54) is 5.56 Å². The third-order valence-corrected chi connectivity index (χ3v) is 8.35. The van der Waals surface area contributed by atoms with Crippen molar-refractivity contribution in [3.8, 4) is 0 Å². The minimum Gasteiger partial charge on any atom is -0.207 e. The highest BCUT2D eigenvalue weighted by Gasteiger charge is 2.36. The lowest BCUT2D eigenvalue weighted by molar-refractivity contribution is 0.332. The second kappa shape index (κ2) is 6.75. The third kappa shape index (κ3) is 3.01. The summed E-state index contributed by atoms with van der Waals surface area (Å²) in [6.07, 6.45) is 3.88. The predicted octanol–water partition coefficient (Wildman–Crippen LogP) is 4.37. The maximum atomic E-state index is 13.5. The van der Waals surface area contributed by atoms with Crippen molar-refractivity contribution in [3.05, 3.63) is 40.1 Å². The van der Waals surface area contributed by atoms with Gasteiger partial charge in [0.05, 0.1) is 17.8 Å². The van der Waals surface area contributed by atoms with Crippen LogP contribution in [0.15, 0.2) is 34.5 Å². The Kier molecular flexibility index (Phi) is 4.61. The number of sulfonamides is 1. The summed E-state index contributed by atoms with van der Waals surface area (Å²) in [7, 11) is -3.63. The molecule has 0 radical (unpaired) electrons. The Morgan fingerprint density at radius 1 is 1.16 bits per heavy atom. The highest BCUT2D eigenvalue weighted by Crippen LogP contribution is 2.39. The van der Waals surface area contributed by atoms with E-state index in [-0.39, 0.29) is 10.9 Å². The molecule has 1 saturated heterocycles. The van der Waals surface area contributed by atoms with E-state index in [2.05, 4.69) is 21.7 Å². The molecule has 8 heteroatoms. The van der Waals surface area contributed by atoms with Gasteiger partial charge >= 0.3 is 0 Å². The predicted molar refractivity (Wildman–Crippen MR) is 102 cm³/mol. The molecule has 4 rings (SSSR count). The number of rotatable bonds is 3. The molecule has 1 atom stereocenters. The Balaban J connectivity index is 1.84. The Hall–Kier alpha value is -1.35. The van der Waals surface area contributed by atoms with Gasteiger partial charge in [0.15, 0.2) is 0 Å². The van der Waals surface area contributed by atoms with Crippen molar-refractivity contribution >= 4 is 44.1 Å². The Morgan fingerprint density at radius 2 is 2.04 bits per heavy atom. The number of nitrogens with zero attached hydrogens (tertiary/aromatic N) is 3. The fraction of sp³-hybridized carbons (Fsp3) is 0.412. The van der Waals surface area contributed by atoms with Crippen molar-refractivity contribution in [2.24, 2.45) is 0 Å². The van der Waals surface area contributed by atoms with Crippen LogP contribution in [-0.4, -0.2) is 28.0 Å². The van der Waals surface area contributed by atoms with E-state index in [1.54, 1.807) is 33.8 Å². The van der Waals surface area contributed by atoms with Gasteiger partial charge in [-0.05, 0) is 48.9 Å². The van der Waals surface area contributed by atoms with E-state index < -0.39 is 10.0 Å². The van der Waals surface area contributed by atoms with Gasteiger partial charge in [0.2, 0.25) is 10.0 Å². The van der Waals surface area contributed by atoms with Crippen molar-refractivity contribution < 1.29 is 8.42 Å². The van der Waals surface area contributed by atoms with Crippen LogP contribution in [0.1, 0.15) is 42.2 Å². The summed E-state index contributed by atoms with van der Waals surface area (Å²) < 4.78 is 37.2. The van der Waals surface area contributed by atoms with Crippen LogP contribution in [0.3, 0.4) is 0 Å². The summed E-state index contributed by atoms with van der Waals surface area (Å²) in [6, 6.07) is 7.19. The van der Waals surface area contributed by atoms with Crippen molar-refractivity contribution in [2.75, 3.05) is 6.54 Å². The van der Waals surface area contributed by atoms with E-state index in [1.807, 2.05) is 5.38 Å². The quantitative estimate of drug-likeness (QED) is 0.663. The van der Waals surface area contributed by atoms with Gasteiger partial charge in [0, 0.05) is 11.4 Å². The van der Waals surface area contributed by atoms with Gasteiger partial charge in [-0.3, -0.25) is 0 Å². The molecular weight excluding hydrogens is 374 g/mol. The number of aryl methyl sites for hydroxylation is 1. The molecule has 1 aliphatic heterocycles. The smallest absolute Gasteiger partial charge is 0.207 e. The van der Waals surface area contributed by atoms with Crippen molar-refractivity contribution in [2.45, 2.75) is 43.5 Å². The van der Waals surface area contributed by atoms with E-state index in [4.69, 9.17) is 0 Å². The van der Waals surface area contributed by atoms with E-state index in [9.17, 15) is 8.42 Å². The van der Waals surface area contributed by atoms with Crippen LogP contribution in [0.4, 0.5) is 0 Å². The first kappa shape index (κ1) is 17.1. The molecular formula is C17H19N3O2S3. The van der Waals surface area contributed by atoms with Gasteiger partial charge < -0.3 is 0 Å². The highest BCUT2D eigenvalue weighted by molar-refractivity contribution is 7.89. The van der Waals surface area contributed by atoms with E-state index >= 15 is 0 Å². The van der Waals surface area contributed by atoms with Crippen LogP contribution in [0.5, 0.6) is 0 Å². The Bertz CT molecular complexity index is 993. The lowest BCUT2D eigenvalue weighted by atomic mass is 10.1. The van der Waals surface area contributed by atoms with Gasteiger partial charge in [0.1, 0.15) is 15.9 Å². The molecule has 1 aromatic carbocycles. The normalized spacial score (nSPS) is 20.0. The van der Waals surface area contributed by atoms with Crippen LogP contribution in [0, 0.1) is 6.92 Å². The zero-order valence-corrected chi connectivity index (χ0v) is 16.3. The summed E-state index contributed by atoms with van der Waals surface area (Å²) in [5.74, 6) is 0. The summed E-state index contributed by atoms with van der Waals surface area (Å²) in [5.41, 5.74) is 2.30. The molecule has 132 valence electrons. The number of thiophene rings is 1. The molecule has 25 heavy (non-hydrogen) atoms. The highest BCUT2D eigenvalue weighted by atomic mass is 32.2. The van der Waals surface area contributed by atoms with E-state index in [0.29, 0.717) is 17.6 Å². The summed E-state index contributed by atoms with van der Waals surface area (Å²) >= 11 is 2.71. The fourth-order valence-corrected chi connectivity index (χ4v) is 7.04. The van der Waals surface area contributed by atoms with E-state index in [0.717, 1.165) is 42.3 Å². The Labute approximate surface area is 155 Å². The summed E-state index contributed by atoms with van der Waals surface area (Å²) in [4.78, 5) is 1.44. The molecule has 0 N–H and O–H groups in total. The van der Waals surface area contributed by atoms with Gasteiger partial charge in [-0.15, -0.1) is 11.3 Å². The van der Waals surface area contributed by atoms with Crippen LogP contribution >= 0.6 is 23.1 Å². The second-order valence-corrected chi connectivity index (χ2v) is 9.67. The molecule has 1 aliphatic rings. The maximum Gasteiger partial charge on any atom is 0.245 e. The minimum atomic E-state index is -3.63. The maximum absolute atomic E-state index is 13.5. The van der Waals surface area contributed by atoms with Crippen molar-refractivity contribution in [3.63, 3.8) is 0 Å². The molecule has 0 unspecified atom stereocenters. The topological polar surface area (TPSA) is 63.2 Å². The minimum absolute atomic E-state index is 0.0886. The average Bonchev–Trinajstić information content (AvgIpc) is 3.17. The van der Waals surface area contributed by atoms with Gasteiger partial charge in [-0.2, -0.15) is 13.1 Å². The standard InChI is InChI=1S/C17H19N3O2S3/c1-12-9-11-23-17(12)14-7-3-2-4-10-20(14)25(21,22)15-8-5-6-13-16(15)19-24-18-13/h5-6,8-9,11,14H,2-4,7,10H2,1H3/t14-/m0/s1. The van der Waals surface area contributed by atoms with Crippen LogP contribution in [0.2, 0.25) is 0 Å². The molecule has 0 bridgehead atoms. The molecule has 0 spiro atoms. The molecule has 1 fully saturated rings. The SMILES string of the molecule is Cc1ccsc1[C@@H]1CCCCCN1S(=O)(=O)c1cccc2nsnc12. The zero-order valence-electron chi connectivity index (χ0n) is 13.9. The molecule has 3 aromatic rings. The summed E-state index contributed by atoms with van der Waals surface area (Å²) in [6.45, 7) is 2.62. The number of benzene rings is 1. The lowest BCUT2D eigenvalue weighted by Crippen LogP contribution is -2.34. The molecule has 5 nitrogen and oxygen atoms in total. The first-order chi connectivity index (χ1) is 12.1. The number of fused-ring (bicyclic) bond motifs is 1. The van der Waals surface area contributed by atoms with Crippen LogP contribution < -0.4 is 0 Å². The van der Waals surface area contributed by atoms with Crippen LogP contribution in [0.25, 0.3) is 11.0 Å². The number of hydrogen-bond donors (Lipinski definition) is 0. The third-order valence-electron chi connectivity index (χ3n) is 4.74. The number of hydrogen-bond acceptors (Lipinski definition) is 6. The molecule has 0 saturated carbocycles. The molecule has 0 aliphatic carbocycles.